The van der Waals surface area contributed by atoms with Gasteiger partial charge < -0.3 is 4.74 Å². The topological polar surface area (TPSA) is 29.5 Å². The molecule has 21 heavy (non-hydrogen) atoms. The van der Waals surface area contributed by atoms with Gasteiger partial charge in [-0.1, -0.05) is 48.0 Å². The van der Waals surface area contributed by atoms with Crippen LogP contribution in [0.1, 0.15) is 11.1 Å². The highest BCUT2D eigenvalue weighted by molar-refractivity contribution is 5.90. The fraction of sp³-hybridized carbons (Fsp3) is 0.235. The zero-order chi connectivity index (χ0) is 14.9. The molecule has 0 saturated carbocycles. The van der Waals surface area contributed by atoms with Gasteiger partial charge in [0, 0.05) is 11.3 Å². The third-order valence-electron chi connectivity index (χ3n) is 3.78. The van der Waals surface area contributed by atoms with E-state index in [1.807, 2.05) is 49.4 Å². The first-order valence-electron chi connectivity index (χ1n) is 6.83. The van der Waals surface area contributed by atoms with Crippen LogP contribution < -0.4 is 4.90 Å². The minimum atomic E-state index is -1.22. The Morgan fingerprint density at radius 1 is 1.14 bits per heavy atom. The van der Waals surface area contributed by atoms with Crippen LogP contribution in [0.25, 0.3) is 0 Å². The summed E-state index contributed by atoms with van der Waals surface area (Å²) in [6, 6.07) is 16.6. The SMILES string of the molecule is Cc1ccc(N2CC(CF)(c3ccccc3)OC2=O)cc1. The number of halogens is 1. The molecule has 3 rings (SSSR count). The van der Waals surface area contributed by atoms with E-state index in [9.17, 15) is 9.18 Å². The zero-order valence-electron chi connectivity index (χ0n) is 11.8. The number of rotatable bonds is 3. The summed E-state index contributed by atoms with van der Waals surface area (Å²) >= 11 is 0. The van der Waals surface area contributed by atoms with Crippen LogP contribution in [0.5, 0.6) is 0 Å². The maximum Gasteiger partial charge on any atom is 0.415 e. The van der Waals surface area contributed by atoms with Crippen LogP contribution in [0.4, 0.5) is 14.9 Å². The third-order valence-corrected chi connectivity index (χ3v) is 3.78. The lowest BCUT2D eigenvalue weighted by Gasteiger charge is -2.23. The van der Waals surface area contributed by atoms with E-state index in [2.05, 4.69) is 0 Å². The van der Waals surface area contributed by atoms with Gasteiger partial charge in [0.15, 0.2) is 5.60 Å². The smallest absolute Gasteiger partial charge is 0.415 e. The summed E-state index contributed by atoms with van der Waals surface area (Å²) in [6.45, 7) is 1.41. The van der Waals surface area contributed by atoms with Gasteiger partial charge in [-0.05, 0) is 19.1 Å². The van der Waals surface area contributed by atoms with Crippen molar-refractivity contribution >= 4 is 11.8 Å². The Bertz CT molecular complexity index is 642. The first kappa shape index (κ1) is 13.6. The number of benzene rings is 2. The van der Waals surface area contributed by atoms with E-state index in [0.29, 0.717) is 5.56 Å². The summed E-state index contributed by atoms with van der Waals surface area (Å²) < 4.78 is 19.1. The Labute approximate surface area is 123 Å². The van der Waals surface area contributed by atoms with E-state index in [0.717, 1.165) is 11.3 Å². The molecule has 108 valence electrons. The molecular weight excluding hydrogens is 269 g/mol. The van der Waals surface area contributed by atoms with Gasteiger partial charge in [-0.25, -0.2) is 9.18 Å². The van der Waals surface area contributed by atoms with Crippen molar-refractivity contribution in [1.29, 1.82) is 0 Å². The van der Waals surface area contributed by atoms with Crippen molar-refractivity contribution < 1.29 is 13.9 Å². The fourth-order valence-corrected chi connectivity index (χ4v) is 2.53. The predicted octanol–water partition coefficient (Wildman–Crippen LogP) is 3.82. The van der Waals surface area contributed by atoms with E-state index < -0.39 is 18.4 Å². The van der Waals surface area contributed by atoms with Gasteiger partial charge in [0.1, 0.15) is 6.67 Å². The number of nitrogens with zero attached hydrogens (tertiary/aromatic N) is 1. The molecule has 1 heterocycles. The molecule has 4 heteroatoms. The predicted molar refractivity (Wildman–Crippen MR) is 79.1 cm³/mol. The molecule has 0 spiro atoms. The van der Waals surface area contributed by atoms with Crippen LogP contribution >= 0.6 is 0 Å². The molecule has 0 radical (unpaired) electrons. The molecule has 2 aromatic carbocycles. The van der Waals surface area contributed by atoms with Crippen LogP contribution in [0.3, 0.4) is 0 Å². The lowest BCUT2D eigenvalue weighted by Crippen LogP contribution is -2.34. The number of alkyl halides is 1. The van der Waals surface area contributed by atoms with Gasteiger partial charge in [-0.3, -0.25) is 4.90 Å². The number of anilines is 1. The molecular formula is C17H16FNO2. The highest BCUT2D eigenvalue weighted by Gasteiger charge is 2.47. The highest BCUT2D eigenvalue weighted by Crippen LogP contribution is 2.36. The van der Waals surface area contributed by atoms with E-state index in [1.165, 1.54) is 4.90 Å². The van der Waals surface area contributed by atoms with Crippen molar-refractivity contribution in [2.24, 2.45) is 0 Å². The number of aryl methyl sites for hydroxylation is 1. The number of hydrogen-bond acceptors (Lipinski definition) is 2. The molecule has 0 bridgehead atoms. The molecule has 0 aliphatic carbocycles. The molecule has 0 aromatic heterocycles. The molecule has 1 unspecified atom stereocenters. The van der Waals surface area contributed by atoms with Crippen molar-refractivity contribution in [1.82, 2.24) is 0 Å². The van der Waals surface area contributed by atoms with Crippen molar-refractivity contribution in [3.8, 4) is 0 Å². The Morgan fingerprint density at radius 3 is 2.43 bits per heavy atom. The highest BCUT2D eigenvalue weighted by atomic mass is 19.1. The minimum absolute atomic E-state index is 0.176. The lowest BCUT2D eigenvalue weighted by molar-refractivity contribution is 0.0323. The standard InChI is InChI=1S/C17H16FNO2/c1-13-7-9-15(10-8-13)19-12-17(11-18,21-16(19)20)14-5-3-2-4-6-14/h2-10H,11-12H2,1H3. The van der Waals surface area contributed by atoms with Gasteiger partial charge >= 0.3 is 6.09 Å². The van der Waals surface area contributed by atoms with Crippen molar-refractivity contribution in [3.05, 3.63) is 65.7 Å². The van der Waals surface area contributed by atoms with Gasteiger partial charge in [-0.15, -0.1) is 0 Å². The second-order valence-corrected chi connectivity index (χ2v) is 5.28. The van der Waals surface area contributed by atoms with Gasteiger partial charge in [0.05, 0.1) is 6.54 Å². The molecule has 1 saturated heterocycles. The fourth-order valence-electron chi connectivity index (χ4n) is 2.53. The molecule has 1 aliphatic rings. The number of carbonyl (C=O) groups is 1. The summed E-state index contributed by atoms with van der Waals surface area (Å²) in [6.07, 6.45) is -0.514. The molecule has 1 aliphatic heterocycles. The summed E-state index contributed by atoms with van der Waals surface area (Å²) in [4.78, 5) is 13.6. The largest absolute Gasteiger partial charge is 0.433 e. The quantitative estimate of drug-likeness (QED) is 0.858. The van der Waals surface area contributed by atoms with Crippen LogP contribution in [0.2, 0.25) is 0 Å². The average Bonchev–Trinajstić information content (AvgIpc) is 2.87. The normalized spacial score (nSPS) is 21.4. The number of carbonyl (C=O) groups excluding carboxylic acids is 1. The van der Waals surface area contributed by atoms with Crippen LogP contribution in [-0.2, 0) is 10.3 Å². The van der Waals surface area contributed by atoms with E-state index in [-0.39, 0.29) is 6.54 Å². The van der Waals surface area contributed by atoms with Crippen molar-refractivity contribution in [2.45, 2.75) is 12.5 Å². The second-order valence-electron chi connectivity index (χ2n) is 5.28. The molecule has 1 amide bonds. The number of hydrogen-bond donors (Lipinski definition) is 0. The minimum Gasteiger partial charge on any atom is -0.433 e. The van der Waals surface area contributed by atoms with Crippen molar-refractivity contribution in [2.75, 3.05) is 18.1 Å². The summed E-state index contributed by atoms with van der Waals surface area (Å²) in [5, 5.41) is 0. The Morgan fingerprint density at radius 2 is 1.81 bits per heavy atom. The van der Waals surface area contributed by atoms with E-state index in [1.54, 1.807) is 12.1 Å². The molecule has 0 N–H and O–H groups in total. The Balaban J connectivity index is 1.94. The number of ether oxygens (including phenoxy) is 1. The number of cyclic esters (lactones) is 1. The molecule has 2 aromatic rings. The first-order chi connectivity index (χ1) is 10.1. The second kappa shape index (κ2) is 5.20. The van der Waals surface area contributed by atoms with Crippen LogP contribution in [0.15, 0.2) is 54.6 Å². The zero-order valence-corrected chi connectivity index (χ0v) is 11.8. The Hall–Kier alpha value is -2.36. The molecule has 3 nitrogen and oxygen atoms in total. The van der Waals surface area contributed by atoms with Gasteiger partial charge in [0.2, 0.25) is 0 Å². The maximum atomic E-state index is 13.7. The van der Waals surface area contributed by atoms with E-state index >= 15 is 0 Å². The Kier molecular flexibility index (Phi) is 3.37. The summed E-state index contributed by atoms with van der Waals surface area (Å²) in [7, 11) is 0. The molecule has 1 atom stereocenters. The van der Waals surface area contributed by atoms with E-state index in [4.69, 9.17) is 4.74 Å². The lowest BCUT2D eigenvalue weighted by atomic mass is 9.95. The van der Waals surface area contributed by atoms with Crippen LogP contribution in [0, 0.1) is 6.92 Å². The maximum absolute atomic E-state index is 13.7. The van der Waals surface area contributed by atoms with Crippen molar-refractivity contribution in [3.63, 3.8) is 0 Å². The number of amides is 1. The third kappa shape index (κ3) is 2.37. The van der Waals surface area contributed by atoms with Crippen LogP contribution in [-0.4, -0.2) is 19.3 Å². The summed E-state index contributed by atoms with van der Waals surface area (Å²) in [5.41, 5.74) is 1.28. The monoisotopic (exact) mass is 285 g/mol. The first-order valence-corrected chi connectivity index (χ1v) is 6.83. The molecule has 1 fully saturated rings. The average molecular weight is 285 g/mol. The van der Waals surface area contributed by atoms with Gasteiger partial charge in [0.25, 0.3) is 0 Å². The summed E-state index contributed by atoms with van der Waals surface area (Å²) in [5.74, 6) is 0. The van der Waals surface area contributed by atoms with Gasteiger partial charge in [-0.2, -0.15) is 0 Å².